The second-order valence-corrected chi connectivity index (χ2v) is 4.89. The van der Waals surface area contributed by atoms with Crippen LogP contribution >= 0.6 is 11.6 Å². The molecule has 1 N–H and O–H groups in total. The normalized spacial score (nSPS) is 26.6. The highest BCUT2D eigenvalue weighted by atomic mass is 35.5. The van der Waals surface area contributed by atoms with Gasteiger partial charge in [0.05, 0.1) is 17.9 Å². The minimum atomic E-state index is -0.825. The van der Waals surface area contributed by atoms with Gasteiger partial charge in [-0.25, -0.2) is 9.78 Å². The molecule has 0 unspecified atom stereocenters. The van der Waals surface area contributed by atoms with Gasteiger partial charge in [0, 0.05) is 25.6 Å². The standard InChI is InChI=1S/C11H12ClN3O2/c12-10-2-1-8(3-13-10)15-5-7-4-14(11(16)17)6-9(7)15/h1-3,7,9H,4-6H2,(H,16,17)/t7-,9-/m0/s1. The average Bonchev–Trinajstić information content (AvgIpc) is 2.60. The number of anilines is 1. The predicted octanol–water partition coefficient (Wildman–Crippen LogP) is 1.53. The molecule has 90 valence electrons. The molecule has 2 fully saturated rings. The number of pyridine rings is 1. The van der Waals surface area contributed by atoms with Crippen molar-refractivity contribution >= 4 is 23.4 Å². The molecule has 0 saturated carbocycles. The molecule has 1 aromatic rings. The van der Waals surface area contributed by atoms with Crippen molar-refractivity contribution in [2.45, 2.75) is 6.04 Å². The van der Waals surface area contributed by atoms with Crippen molar-refractivity contribution < 1.29 is 9.90 Å². The summed E-state index contributed by atoms with van der Waals surface area (Å²) in [4.78, 5) is 18.6. The van der Waals surface area contributed by atoms with Gasteiger partial charge in [0.25, 0.3) is 0 Å². The Morgan fingerprint density at radius 2 is 2.24 bits per heavy atom. The Kier molecular flexibility index (Phi) is 2.36. The molecule has 0 spiro atoms. The van der Waals surface area contributed by atoms with Crippen LogP contribution in [-0.2, 0) is 0 Å². The Morgan fingerprint density at radius 1 is 1.41 bits per heavy atom. The summed E-state index contributed by atoms with van der Waals surface area (Å²) in [6.07, 6.45) is 0.913. The molecule has 17 heavy (non-hydrogen) atoms. The van der Waals surface area contributed by atoms with Crippen LogP contribution in [0.5, 0.6) is 0 Å². The first kappa shape index (κ1) is 10.7. The first-order chi connectivity index (χ1) is 8.15. The first-order valence-corrected chi connectivity index (χ1v) is 5.89. The van der Waals surface area contributed by atoms with Gasteiger partial charge < -0.3 is 14.9 Å². The lowest BCUT2D eigenvalue weighted by Crippen LogP contribution is -2.55. The highest BCUT2D eigenvalue weighted by molar-refractivity contribution is 6.29. The van der Waals surface area contributed by atoms with Crippen LogP contribution in [0.4, 0.5) is 10.5 Å². The third kappa shape index (κ3) is 1.70. The van der Waals surface area contributed by atoms with E-state index in [0.29, 0.717) is 30.2 Å². The molecule has 3 heterocycles. The lowest BCUT2D eigenvalue weighted by atomic mass is 9.91. The number of rotatable bonds is 1. The van der Waals surface area contributed by atoms with E-state index in [2.05, 4.69) is 9.88 Å². The summed E-state index contributed by atoms with van der Waals surface area (Å²) >= 11 is 5.74. The molecule has 2 aliphatic rings. The Balaban J connectivity index is 1.73. The Labute approximate surface area is 104 Å². The van der Waals surface area contributed by atoms with E-state index in [1.165, 1.54) is 4.90 Å². The zero-order valence-corrected chi connectivity index (χ0v) is 9.84. The quantitative estimate of drug-likeness (QED) is 0.772. The van der Waals surface area contributed by atoms with E-state index in [0.717, 1.165) is 12.2 Å². The average molecular weight is 254 g/mol. The van der Waals surface area contributed by atoms with E-state index >= 15 is 0 Å². The Bertz CT molecular complexity index is 451. The maximum absolute atomic E-state index is 10.9. The fourth-order valence-electron chi connectivity index (χ4n) is 2.63. The van der Waals surface area contributed by atoms with Crippen molar-refractivity contribution in [3.05, 3.63) is 23.5 Å². The number of hydrogen-bond donors (Lipinski definition) is 1. The highest BCUT2D eigenvalue weighted by Crippen LogP contribution is 2.36. The maximum atomic E-state index is 10.9. The van der Waals surface area contributed by atoms with Crippen molar-refractivity contribution in [3.63, 3.8) is 0 Å². The number of hydrogen-bond acceptors (Lipinski definition) is 3. The van der Waals surface area contributed by atoms with Gasteiger partial charge in [-0.2, -0.15) is 0 Å². The van der Waals surface area contributed by atoms with Crippen LogP contribution in [-0.4, -0.2) is 46.8 Å². The van der Waals surface area contributed by atoms with E-state index in [4.69, 9.17) is 16.7 Å². The summed E-state index contributed by atoms with van der Waals surface area (Å²) in [5.41, 5.74) is 1.02. The Morgan fingerprint density at radius 3 is 2.88 bits per heavy atom. The topological polar surface area (TPSA) is 56.7 Å². The van der Waals surface area contributed by atoms with E-state index in [1.54, 1.807) is 12.3 Å². The fraction of sp³-hybridized carbons (Fsp3) is 0.455. The molecule has 1 amide bonds. The third-order valence-corrected chi connectivity index (χ3v) is 3.78. The van der Waals surface area contributed by atoms with E-state index < -0.39 is 6.09 Å². The molecule has 0 radical (unpaired) electrons. The van der Waals surface area contributed by atoms with Crippen molar-refractivity contribution in [2.75, 3.05) is 24.5 Å². The largest absolute Gasteiger partial charge is 0.465 e. The molecule has 2 aliphatic heterocycles. The summed E-state index contributed by atoms with van der Waals surface area (Å²) in [5, 5.41) is 9.42. The molecule has 5 nitrogen and oxygen atoms in total. The number of carbonyl (C=O) groups is 1. The zero-order valence-electron chi connectivity index (χ0n) is 9.08. The minimum absolute atomic E-state index is 0.300. The first-order valence-electron chi connectivity index (χ1n) is 5.51. The number of carboxylic acid groups (broad SMARTS) is 1. The molecule has 3 rings (SSSR count). The van der Waals surface area contributed by atoms with Gasteiger partial charge in [0.2, 0.25) is 0 Å². The van der Waals surface area contributed by atoms with Gasteiger partial charge in [-0.3, -0.25) is 0 Å². The summed E-state index contributed by atoms with van der Waals surface area (Å²) in [6, 6.07) is 3.98. The van der Waals surface area contributed by atoms with Gasteiger partial charge in [-0.1, -0.05) is 11.6 Å². The van der Waals surface area contributed by atoms with E-state index in [9.17, 15) is 4.79 Å². The summed E-state index contributed by atoms with van der Waals surface area (Å²) in [7, 11) is 0. The fourth-order valence-corrected chi connectivity index (χ4v) is 2.74. The SMILES string of the molecule is O=C(O)N1C[C@H]2CN(c3ccc(Cl)nc3)[C@H]2C1. The summed E-state index contributed by atoms with van der Waals surface area (Å²) < 4.78 is 0. The van der Waals surface area contributed by atoms with Crippen molar-refractivity contribution in [2.24, 2.45) is 5.92 Å². The van der Waals surface area contributed by atoms with Gasteiger partial charge >= 0.3 is 6.09 Å². The molecule has 2 atom stereocenters. The summed E-state index contributed by atoms with van der Waals surface area (Å²) in [5.74, 6) is 0.460. The third-order valence-electron chi connectivity index (χ3n) is 3.55. The second-order valence-electron chi connectivity index (χ2n) is 4.51. The number of halogens is 1. The molecule has 6 heteroatoms. The van der Waals surface area contributed by atoms with Crippen LogP contribution in [0.3, 0.4) is 0 Å². The summed E-state index contributed by atoms with van der Waals surface area (Å²) in [6.45, 7) is 2.14. The molecule has 2 saturated heterocycles. The molecule has 0 aromatic carbocycles. The van der Waals surface area contributed by atoms with Gasteiger partial charge in [0.1, 0.15) is 5.15 Å². The van der Waals surface area contributed by atoms with Crippen molar-refractivity contribution in [1.29, 1.82) is 0 Å². The van der Waals surface area contributed by atoms with Crippen LogP contribution in [0.2, 0.25) is 5.15 Å². The van der Waals surface area contributed by atoms with E-state index in [-0.39, 0.29) is 0 Å². The Hall–Kier alpha value is -1.49. The maximum Gasteiger partial charge on any atom is 0.407 e. The van der Waals surface area contributed by atoms with Crippen LogP contribution in [0.15, 0.2) is 18.3 Å². The van der Waals surface area contributed by atoms with Gasteiger partial charge in [-0.15, -0.1) is 0 Å². The number of amides is 1. The minimum Gasteiger partial charge on any atom is -0.465 e. The number of aromatic nitrogens is 1. The number of likely N-dealkylation sites (tertiary alicyclic amines) is 1. The second kappa shape index (κ2) is 3.77. The van der Waals surface area contributed by atoms with Crippen LogP contribution in [0.25, 0.3) is 0 Å². The smallest absolute Gasteiger partial charge is 0.407 e. The lowest BCUT2D eigenvalue weighted by molar-refractivity contribution is 0.155. The molecular weight excluding hydrogens is 242 g/mol. The van der Waals surface area contributed by atoms with Crippen LogP contribution in [0, 0.1) is 5.92 Å². The molecular formula is C11H12ClN3O2. The van der Waals surface area contributed by atoms with Crippen LogP contribution in [0.1, 0.15) is 0 Å². The molecule has 1 aromatic heterocycles. The molecule has 0 aliphatic carbocycles. The van der Waals surface area contributed by atoms with Crippen molar-refractivity contribution in [1.82, 2.24) is 9.88 Å². The van der Waals surface area contributed by atoms with Gasteiger partial charge in [0.15, 0.2) is 0 Å². The molecule has 0 bridgehead atoms. The zero-order chi connectivity index (χ0) is 12.0. The highest BCUT2D eigenvalue weighted by Gasteiger charge is 2.47. The van der Waals surface area contributed by atoms with Crippen molar-refractivity contribution in [3.8, 4) is 0 Å². The monoisotopic (exact) mass is 253 g/mol. The van der Waals surface area contributed by atoms with Gasteiger partial charge in [-0.05, 0) is 12.1 Å². The number of nitrogens with zero attached hydrogens (tertiary/aromatic N) is 3. The predicted molar refractivity (Wildman–Crippen MR) is 63.5 cm³/mol. The van der Waals surface area contributed by atoms with E-state index in [1.807, 2.05) is 6.07 Å². The number of fused-ring (bicyclic) bond motifs is 1. The lowest BCUT2D eigenvalue weighted by Gasteiger charge is -2.44. The van der Waals surface area contributed by atoms with Crippen LogP contribution < -0.4 is 4.90 Å².